The number of nitrogens with zero attached hydrogens (tertiary/aromatic N) is 2. The Morgan fingerprint density at radius 2 is 1.96 bits per heavy atom. The van der Waals surface area contributed by atoms with Crippen LogP contribution in [-0.4, -0.2) is 29.2 Å². The maximum Gasteiger partial charge on any atom is 0.255 e. The van der Waals surface area contributed by atoms with Gasteiger partial charge in [0.05, 0.1) is 0 Å². The van der Waals surface area contributed by atoms with Crippen LogP contribution in [0.4, 0.5) is 0 Å². The van der Waals surface area contributed by atoms with Gasteiger partial charge in [-0.1, -0.05) is 25.9 Å². The number of hydrogen-bond acceptors (Lipinski definition) is 5. The lowest BCUT2D eigenvalue weighted by Crippen LogP contribution is -2.36. The summed E-state index contributed by atoms with van der Waals surface area (Å²) in [6, 6.07) is 0. The number of amides is 1. The minimum absolute atomic E-state index is 0.0474. The Morgan fingerprint density at radius 3 is 2.60 bits per heavy atom. The molecule has 3 rings (SSSR count). The van der Waals surface area contributed by atoms with Crippen molar-refractivity contribution in [3.63, 3.8) is 0 Å². The molecule has 1 unspecified atom stereocenters. The van der Waals surface area contributed by atoms with Gasteiger partial charge >= 0.3 is 0 Å². The van der Waals surface area contributed by atoms with Crippen LogP contribution >= 0.6 is 0 Å². The highest BCUT2D eigenvalue weighted by Gasteiger charge is 2.32. The molecule has 6 nitrogen and oxygen atoms in total. The smallest absolute Gasteiger partial charge is 0.255 e. The summed E-state index contributed by atoms with van der Waals surface area (Å²) < 4.78 is 10.8. The van der Waals surface area contributed by atoms with Crippen molar-refractivity contribution in [3.8, 4) is 0 Å². The number of rotatable bonds is 5. The van der Waals surface area contributed by atoms with Gasteiger partial charge in [0.25, 0.3) is 5.89 Å². The minimum Gasteiger partial charge on any atom is -0.368 e. The first-order valence-electron chi connectivity index (χ1n) is 9.65. The Morgan fingerprint density at radius 1 is 1.20 bits per heavy atom. The SMILES string of the molecule is CC(C)(C)C1CCC(C(=O)NCCc2noc(C3CCCO3)n2)CC1. The molecular formula is C19H31N3O3. The highest BCUT2D eigenvalue weighted by atomic mass is 16.5. The first-order valence-corrected chi connectivity index (χ1v) is 9.65. The Hall–Kier alpha value is -1.43. The first kappa shape index (κ1) is 18.4. The van der Waals surface area contributed by atoms with Crippen molar-refractivity contribution in [2.75, 3.05) is 13.2 Å². The van der Waals surface area contributed by atoms with E-state index >= 15 is 0 Å². The number of ether oxygens (including phenoxy) is 1. The van der Waals surface area contributed by atoms with Crippen molar-refractivity contribution in [3.05, 3.63) is 11.7 Å². The fourth-order valence-corrected chi connectivity index (χ4v) is 3.94. The molecule has 1 atom stereocenters. The standard InChI is InChI=1S/C19H31N3O3/c1-19(2,3)14-8-6-13(7-9-14)17(23)20-11-10-16-21-18(25-22-16)15-5-4-12-24-15/h13-15H,4-12H2,1-3H3,(H,20,23). The number of hydrogen-bond donors (Lipinski definition) is 1. The summed E-state index contributed by atoms with van der Waals surface area (Å²) >= 11 is 0. The summed E-state index contributed by atoms with van der Waals surface area (Å²) in [4.78, 5) is 16.7. The zero-order valence-corrected chi connectivity index (χ0v) is 15.7. The predicted octanol–water partition coefficient (Wildman–Crippen LogP) is 3.43. The third kappa shape index (κ3) is 4.81. The van der Waals surface area contributed by atoms with Crippen molar-refractivity contribution >= 4 is 5.91 Å². The molecule has 0 spiro atoms. The van der Waals surface area contributed by atoms with Crippen molar-refractivity contribution in [1.82, 2.24) is 15.5 Å². The average Bonchev–Trinajstić information content (AvgIpc) is 3.25. The van der Waals surface area contributed by atoms with E-state index in [0.717, 1.165) is 51.0 Å². The molecule has 1 amide bonds. The van der Waals surface area contributed by atoms with Gasteiger partial charge in [-0.25, -0.2) is 0 Å². The molecule has 1 aliphatic heterocycles. The Balaban J connectivity index is 1.38. The lowest BCUT2D eigenvalue weighted by Gasteiger charge is -2.36. The summed E-state index contributed by atoms with van der Waals surface area (Å²) in [7, 11) is 0. The fourth-order valence-electron chi connectivity index (χ4n) is 3.94. The van der Waals surface area contributed by atoms with Gasteiger partial charge in [0.1, 0.15) is 6.10 Å². The number of carbonyl (C=O) groups is 1. The summed E-state index contributed by atoms with van der Waals surface area (Å²) in [5.74, 6) is 2.27. The minimum atomic E-state index is -0.0474. The van der Waals surface area contributed by atoms with Crippen LogP contribution in [0.3, 0.4) is 0 Å². The van der Waals surface area contributed by atoms with Crippen molar-refractivity contribution in [2.45, 2.75) is 71.8 Å². The Labute approximate surface area is 150 Å². The van der Waals surface area contributed by atoms with Gasteiger partial charge in [0.15, 0.2) is 5.82 Å². The molecule has 1 aromatic rings. The van der Waals surface area contributed by atoms with Crippen LogP contribution in [0.25, 0.3) is 0 Å². The highest BCUT2D eigenvalue weighted by molar-refractivity contribution is 5.78. The van der Waals surface area contributed by atoms with Crippen LogP contribution in [0.15, 0.2) is 4.52 Å². The summed E-state index contributed by atoms with van der Waals surface area (Å²) in [6.07, 6.45) is 6.83. The molecule has 25 heavy (non-hydrogen) atoms. The molecule has 2 heterocycles. The summed E-state index contributed by atoms with van der Waals surface area (Å²) in [5.41, 5.74) is 0.348. The predicted molar refractivity (Wildman–Crippen MR) is 93.8 cm³/mol. The molecular weight excluding hydrogens is 318 g/mol. The third-order valence-electron chi connectivity index (χ3n) is 5.66. The van der Waals surface area contributed by atoms with Crippen molar-refractivity contribution in [2.24, 2.45) is 17.3 Å². The fraction of sp³-hybridized carbons (Fsp3) is 0.842. The van der Waals surface area contributed by atoms with Crippen LogP contribution in [0.5, 0.6) is 0 Å². The van der Waals surface area contributed by atoms with Crippen LogP contribution < -0.4 is 5.32 Å². The van der Waals surface area contributed by atoms with Crippen LogP contribution in [0, 0.1) is 17.3 Å². The second kappa shape index (κ2) is 7.85. The van der Waals surface area contributed by atoms with E-state index in [1.165, 1.54) is 0 Å². The maximum absolute atomic E-state index is 12.4. The molecule has 1 N–H and O–H groups in total. The van der Waals surface area contributed by atoms with Gasteiger partial charge in [0.2, 0.25) is 5.91 Å². The topological polar surface area (TPSA) is 77.2 Å². The molecule has 1 aromatic heterocycles. The number of carbonyl (C=O) groups excluding carboxylic acids is 1. The zero-order valence-electron chi connectivity index (χ0n) is 15.7. The van der Waals surface area contributed by atoms with Gasteiger partial charge < -0.3 is 14.6 Å². The molecule has 6 heteroatoms. The third-order valence-corrected chi connectivity index (χ3v) is 5.66. The average molecular weight is 349 g/mol. The molecule has 2 aliphatic rings. The van der Waals surface area contributed by atoms with Crippen molar-refractivity contribution in [1.29, 1.82) is 0 Å². The van der Waals surface area contributed by atoms with Crippen LogP contribution in [0.2, 0.25) is 0 Å². The van der Waals surface area contributed by atoms with Gasteiger partial charge in [0, 0.05) is 25.5 Å². The molecule has 0 aromatic carbocycles. The first-order chi connectivity index (χ1) is 11.9. The zero-order chi connectivity index (χ0) is 17.9. The van der Waals surface area contributed by atoms with E-state index in [-0.39, 0.29) is 17.9 Å². The second-order valence-electron chi connectivity index (χ2n) is 8.51. The molecule has 1 saturated heterocycles. The normalized spacial score (nSPS) is 27.4. The Bertz CT molecular complexity index is 565. The highest BCUT2D eigenvalue weighted by Crippen LogP contribution is 2.39. The van der Waals surface area contributed by atoms with E-state index in [1.807, 2.05) is 0 Å². The lowest BCUT2D eigenvalue weighted by molar-refractivity contribution is -0.126. The number of aromatic nitrogens is 2. The van der Waals surface area contributed by atoms with E-state index < -0.39 is 0 Å². The van der Waals surface area contributed by atoms with Gasteiger partial charge in [-0.2, -0.15) is 4.98 Å². The molecule has 1 aliphatic carbocycles. The van der Waals surface area contributed by atoms with E-state index in [4.69, 9.17) is 9.26 Å². The van der Waals surface area contributed by atoms with E-state index in [0.29, 0.717) is 30.1 Å². The molecule has 2 fully saturated rings. The number of nitrogens with one attached hydrogen (secondary N) is 1. The van der Waals surface area contributed by atoms with Gasteiger partial charge in [-0.05, 0) is 49.9 Å². The monoisotopic (exact) mass is 349 g/mol. The van der Waals surface area contributed by atoms with E-state index in [2.05, 4.69) is 36.2 Å². The second-order valence-corrected chi connectivity index (χ2v) is 8.51. The molecule has 0 radical (unpaired) electrons. The Kier molecular flexibility index (Phi) is 5.77. The summed E-state index contributed by atoms with van der Waals surface area (Å²) in [5, 5.41) is 7.03. The van der Waals surface area contributed by atoms with Crippen molar-refractivity contribution < 1.29 is 14.1 Å². The largest absolute Gasteiger partial charge is 0.368 e. The van der Waals surface area contributed by atoms with E-state index in [1.54, 1.807) is 0 Å². The lowest BCUT2D eigenvalue weighted by atomic mass is 9.69. The molecule has 140 valence electrons. The van der Waals surface area contributed by atoms with Crippen LogP contribution in [0.1, 0.15) is 77.1 Å². The molecule has 0 bridgehead atoms. The van der Waals surface area contributed by atoms with E-state index in [9.17, 15) is 4.79 Å². The summed E-state index contributed by atoms with van der Waals surface area (Å²) in [6.45, 7) is 8.22. The quantitative estimate of drug-likeness (QED) is 0.881. The van der Waals surface area contributed by atoms with Gasteiger partial charge in [-0.3, -0.25) is 4.79 Å². The van der Waals surface area contributed by atoms with Crippen LogP contribution in [-0.2, 0) is 16.0 Å². The molecule has 1 saturated carbocycles. The van der Waals surface area contributed by atoms with Gasteiger partial charge in [-0.15, -0.1) is 0 Å². The maximum atomic E-state index is 12.4.